The maximum absolute atomic E-state index is 14.9. The minimum absolute atomic E-state index is 0.00344. The van der Waals surface area contributed by atoms with Gasteiger partial charge >= 0.3 is 6.09 Å². The van der Waals surface area contributed by atoms with Crippen molar-refractivity contribution < 1.29 is 18.3 Å². The highest BCUT2D eigenvalue weighted by atomic mass is 35.5. The molecule has 3 aromatic rings. The van der Waals surface area contributed by atoms with E-state index in [9.17, 15) is 13.6 Å². The van der Waals surface area contributed by atoms with Gasteiger partial charge in [-0.2, -0.15) is 4.80 Å². The normalized spacial score (nSPS) is 12.5. The molecule has 2 heterocycles. The summed E-state index contributed by atoms with van der Waals surface area (Å²) in [5, 5.41) is 14.2. The maximum Gasteiger partial charge on any atom is 0.408 e. The van der Waals surface area contributed by atoms with Crippen molar-refractivity contribution in [2.24, 2.45) is 7.05 Å². The van der Waals surface area contributed by atoms with Gasteiger partial charge in [0.05, 0.1) is 24.3 Å². The van der Waals surface area contributed by atoms with Gasteiger partial charge in [0.2, 0.25) is 5.82 Å². The SMILES string of the molecule is C[C@@H](NC(=O)OC(C)(C)C)c1ncc(-c2cc(Cl)cc(F)c2-c2nnn(C)n2)cc1F. The van der Waals surface area contributed by atoms with Crippen molar-refractivity contribution in [2.45, 2.75) is 39.3 Å². The first-order chi connectivity index (χ1) is 14.4. The monoisotopic (exact) mass is 450 g/mol. The summed E-state index contributed by atoms with van der Waals surface area (Å²) in [6.07, 6.45) is 0.662. The fourth-order valence-corrected chi connectivity index (χ4v) is 3.08. The second kappa shape index (κ2) is 8.54. The van der Waals surface area contributed by atoms with E-state index >= 15 is 0 Å². The first-order valence-corrected chi connectivity index (χ1v) is 9.71. The van der Waals surface area contributed by atoms with Gasteiger partial charge < -0.3 is 10.1 Å². The molecule has 164 valence electrons. The number of nitrogens with one attached hydrogen (secondary N) is 1. The lowest BCUT2D eigenvalue weighted by Crippen LogP contribution is -2.34. The van der Waals surface area contributed by atoms with Gasteiger partial charge in [-0.1, -0.05) is 11.6 Å². The van der Waals surface area contributed by atoms with Gasteiger partial charge in [-0.3, -0.25) is 4.98 Å². The van der Waals surface area contributed by atoms with Crippen LogP contribution in [0.1, 0.15) is 39.4 Å². The number of benzene rings is 1. The van der Waals surface area contributed by atoms with Crippen molar-refractivity contribution in [1.82, 2.24) is 30.5 Å². The van der Waals surface area contributed by atoms with Crippen LogP contribution in [0.15, 0.2) is 24.4 Å². The average molecular weight is 451 g/mol. The second-order valence-electron chi connectivity index (χ2n) is 7.87. The molecular weight excluding hydrogens is 430 g/mol. The molecule has 0 aliphatic rings. The number of halogens is 3. The van der Waals surface area contributed by atoms with Crippen LogP contribution in [0.25, 0.3) is 22.5 Å². The third-order valence-corrected chi connectivity index (χ3v) is 4.33. The molecule has 8 nitrogen and oxygen atoms in total. The topological polar surface area (TPSA) is 94.8 Å². The Balaban J connectivity index is 1.96. The lowest BCUT2D eigenvalue weighted by molar-refractivity contribution is 0.0506. The smallest absolute Gasteiger partial charge is 0.408 e. The molecule has 2 aromatic heterocycles. The first kappa shape index (κ1) is 22.5. The number of carbonyl (C=O) groups is 1. The number of ether oxygens (including phenoxy) is 1. The molecule has 1 amide bonds. The number of rotatable bonds is 4. The van der Waals surface area contributed by atoms with Gasteiger partial charge in [-0.25, -0.2) is 13.6 Å². The molecule has 0 fully saturated rings. The van der Waals surface area contributed by atoms with Gasteiger partial charge in [0.15, 0.2) is 0 Å². The largest absolute Gasteiger partial charge is 0.444 e. The number of carbonyl (C=O) groups excluding carboxylic acids is 1. The van der Waals surface area contributed by atoms with Crippen molar-refractivity contribution in [2.75, 3.05) is 0 Å². The Hall–Kier alpha value is -3.14. The third kappa shape index (κ3) is 5.32. The number of aromatic nitrogens is 5. The zero-order chi connectivity index (χ0) is 22.9. The molecule has 1 aromatic carbocycles. The molecule has 0 saturated carbocycles. The van der Waals surface area contributed by atoms with E-state index in [1.165, 1.54) is 23.1 Å². The molecule has 0 aliphatic heterocycles. The Morgan fingerprint density at radius 3 is 2.52 bits per heavy atom. The molecule has 0 unspecified atom stereocenters. The van der Waals surface area contributed by atoms with E-state index < -0.39 is 29.4 Å². The summed E-state index contributed by atoms with van der Waals surface area (Å²) in [4.78, 5) is 17.3. The number of aryl methyl sites for hydroxylation is 1. The van der Waals surface area contributed by atoms with Crippen molar-refractivity contribution in [3.05, 3.63) is 46.7 Å². The summed E-state index contributed by atoms with van der Waals surface area (Å²) < 4.78 is 34.8. The van der Waals surface area contributed by atoms with Gasteiger partial charge in [-0.05, 0) is 56.7 Å². The van der Waals surface area contributed by atoms with E-state index in [0.717, 1.165) is 6.07 Å². The summed E-state index contributed by atoms with van der Waals surface area (Å²) in [6.45, 7) is 6.73. The van der Waals surface area contributed by atoms with Gasteiger partial charge in [0, 0.05) is 16.8 Å². The van der Waals surface area contributed by atoms with Gasteiger partial charge in [0.25, 0.3) is 0 Å². The average Bonchev–Trinajstić information content (AvgIpc) is 3.04. The maximum atomic E-state index is 14.9. The number of alkyl carbamates (subject to hydrolysis) is 1. The fraction of sp³-hybridized carbons (Fsp3) is 0.350. The quantitative estimate of drug-likeness (QED) is 0.630. The predicted molar refractivity (Wildman–Crippen MR) is 110 cm³/mol. The Bertz CT molecular complexity index is 1130. The van der Waals surface area contributed by atoms with Crippen LogP contribution in [-0.2, 0) is 11.8 Å². The van der Waals surface area contributed by atoms with Crippen molar-refractivity contribution in [3.63, 3.8) is 0 Å². The highest BCUT2D eigenvalue weighted by molar-refractivity contribution is 6.31. The Kier molecular flexibility index (Phi) is 6.21. The minimum atomic E-state index is -0.763. The summed E-state index contributed by atoms with van der Waals surface area (Å²) in [6, 6.07) is 3.00. The molecule has 11 heteroatoms. The highest BCUT2D eigenvalue weighted by Gasteiger charge is 2.23. The number of hydrogen-bond acceptors (Lipinski definition) is 6. The molecule has 0 saturated heterocycles. The predicted octanol–water partition coefficient (Wildman–Crippen LogP) is 4.46. The van der Waals surface area contributed by atoms with Crippen LogP contribution in [-0.4, -0.2) is 36.9 Å². The van der Waals surface area contributed by atoms with Crippen LogP contribution >= 0.6 is 11.6 Å². The Morgan fingerprint density at radius 2 is 1.94 bits per heavy atom. The van der Waals surface area contributed by atoms with E-state index in [1.54, 1.807) is 34.7 Å². The molecule has 3 rings (SSSR count). The number of hydrogen-bond donors (Lipinski definition) is 1. The Labute approximate surface area is 182 Å². The van der Waals surface area contributed by atoms with Crippen LogP contribution in [0.4, 0.5) is 13.6 Å². The van der Waals surface area contributed by atoms with E-state index in [-0.39, 0.29) is 33.2 Å². The van der Waals surface area contributed by atoms with Crippen LogP contribution in [0.2, 0.25) is 5.02 Å². The van der Waals surface area contributed by atoms with E-state index in [2.05, 4.69) is 25.7 Å². The van der Waals surface area contributed by atoms with Crippen molar-refractivity contribution in [3.8, 4) is 22.5 Å². The number of nitrogens with zero attached hydrogens (tertiary/aromatic N) is 5. The van der Waals surface area contributed by atoms with Gasteiger partial charge in [-0.15, -0.1) is 10.2 Å². The number of pyridine rings is 1. The standard InChI is InChI=1S/C20H21ClF2N6O2/c1-10(25-19(30)31-20(2,3)4)17-15(23)6-11(9-24-17)13-7-12(21)8-14(22)16(13)18-26-28-29(5)27-18/h6-10H,1-5H3,(H,25,30)/t10-/m1/s1. The summed E-state index contributed by atoms with van der Waals surface area (Å²) in [5.41, 5.74) is -0.165. The summed E-state index contributed by atoms with van der Waals surface area (Å²) in [7, 11) is 1.54. The lowest BCUT2D eigenvalue weighted by atomic mass is 9.99. The summed E-state index contributed by atoms with van der Waals surface area (Å²) in [5.74, 6) is -1.35. The molecular formula is C20H21ClF2N6O2. The van der Waals surface area contributed by atoms with Crippen LogP contribution < -0.4 is 5.32 Å². The molecule has 1 N–H and O–H groups in total. The minimum Gasteiger partial charge on any atom is -0.444 e. The van der Waals surface area contributed by atoms with E-state index in [1.807, 2.05) is 0 Å². The zero-order valence-electron chi connectivity index (χ0n) is 17.6. The molecule has 0 aliphatic carbocycles. The molecule has 0 spiro atoms. The zero-order valence-corrected chi connectivity index (χ0v) is 18.3. The molecule has 1 atom stereocenters. The Morgan fingerprint density at radius 1 is 1.23 bits per heavy atom. The first-order valence-electron chi connectivity index (χ1n) is 9.33. The molecule has 0 bridgehead atoms. The van der Waals surface area contributed by atoms with Crippen LogP contribution in [0, 0.1) is 11.6 Å². The number of amides is 1. The van der Waals surface area contributed by atoms with Crippen molar-refractivity contribution >= 4 is 17.7 Å². The molecule has 31 heavy (non-hydrogen) atoms. The lowest BCUT2D eigenvalue weighted by Gasteiger charge is -2.22. The van der Waals surface area contributed by atoms with E-state index in [0.29, 0.717) is 0 Å². The third-order valence-electron chi connectivity index (χ3n) is 4.11. The number of tetrazole rings is 1. The molecule has 0 radical (unpaired) electrons. The summed E-state index contributed by atoms with van der Waals surface area (Å²) >= 11 is 6.02. The van der Waals surface area contributed by atoms with Crippen molar-refractivity contribution in [1.29, 1.82) is 0 Å². The van der Waals surface area contributed by atoms with Gasteiger partial charge in [0.1, 0.15) is 17.2 Å². The van der Waals surface area contributed by atoms with Crippen LogP contribution in [0.5, 0.6) is 0 Å². The fourth-order valence-electron chi connectivity index (χ4n) is 2.88. The highest BCUT2D eigenvalue weighted by Crippen LogP contribution is 2.35. The second-order valence-corrected chi connectivity index (χ2v) is 8.31. The van der Waals surface area contributed by atoms with Crippen LogP contribution in [0.3, 0.4) is 0 Å². The van der Waals surface area contributed by atoms with E-state index in [4.69, 9.17) is 16.3 Å².